The molecule has 1 heterocycles. The van der Waals surface area contributed by atoms with E-state index >= 15 is 0 Å². The lowest BCUT2D eigenvalue weighted by Gasteiger charge is -2.12. The van der Waals surface area contributed by atoms with Gasteiger partial charge in [-0.05, 0) is 18.6 Å². The number of aromatic hydroxyl groups is 1. The Kier molecular flexibility index (Phi) is 3.22. The van der Waals surface area contributed by atoms with Crippen molar-refractivity contribution in [2.45, 2.75) is 18.8 Å². The smallest absolute Gasteiger partial charge is 0.305 e. The van der Waals surface area contributed by atoms with E-state index in [1.54, 1.807) is 6.07 Å². The van der Waals surface area contributed by atoms with E-state index in [0.717, 1.165) is 17.8 Å². The molecule has 4 heteroatoms. The lowest BCUT2D eigenvalue weighted by atomic mass is 9.95. The number of likely N-dealkylation sites (N-methyl/N-ethyl adjacent to an activating group) is 1. The Hall–Kier alpha value is -1.71. The minimum atomic E-state index is -0.198. The average molecular weight is 235 g/mol. The normalized spacial score (nSPS) is 18.0. The van der Waals surface area contributed by atoms with Gasteiger partial charge in [0.25, 0.3) is 0 Å². The summed E-state index contributed by atoms with van der Waals surface area (Å²) in [6, 6.07) is 5.53. The van der Waals surface area contributed by atoms with Gasteiger partial charge in [0, 0.05) is 37.2 Å². The van der Waals surface area contributed by atoms with Gasteiger partial charge in [0.05, 0.1) is 7.11 Å². The molecule has 0 aliphatic carbocycles. The van der Waals surface area contributed by atoms with Crippen LogP contribution in [0.15, 0.2) is 18.2 Å². The van der Waals surface area contributed by atoms with Crippen LogP contribution in [0, 0.1) is 0 Å². The quantitative estimate of drug-likeness (QED) is 0.813. The Bertz CT molecular complexity index is 431. The maximum absolute atomic E-state index is 11.1. The fourth-order valence-corrected chi connectivity index (χ4v) is 2.44. The van der Waals surface area contributed by atoms with E-state index in [-0.39, 0.29) is 11.9 Å². The average Bonchev–Trinajstić information content (AvgIpc) is 2.65. The van der Waals surface area contributed by atoms with Gasteiger partial charge in [-0.1, -0.05) is 6.07 Å². The molecule has 1 N–H and O–H groups in total. The van der Waals surface area contributed by atoms with Gasteiger partial charge in [-0.15, -0.1) is 0 Å². The molecule has 0 spiro atoms. The molecule has 0 radical (unpaired) electrons. The van der Waals surface area contributed by atoms with E-state index in [4.69, 9.17) is 0 Å². The summed E-state index contributed by atoms with van der Waals surface area (Å²) in [5.74, 6) is 0.327. The summed E-state index contributed by atoms with van der Waals surface area (Å²) < 4.78 is 4.64. The first-order chi connectivity index (χ1) is 8.13. The fraction of sp³-hybridized carbons (Fsp3) is 0.462. The highest BCUT2D eigenvalue weighted by Crippen LogP contribution is 2.42. The number of carbonyl (C=O) groups excluding carboxylic acids is 1. The second-order valence-electron chi connectivity index (χ2n) is 4.40. The maximum Gasteiger partial charge on any atom is 0.305 e. The van der Waals surface area contributed by atoms with Gasteiger partial charge >= 0.3 is 5.97 Å². The van der Waals surface area contributed by atoms with E-state index in [0.29, 0.717) is 18.6 Å². The number of ether oxygens (including phenoxy) is 1. The number of fused-ring (bicyclic) bond motifs is 1. The standard InChI is InChI=1S/C13H17NO3/c1-14-8-9(6-7-12(16)17-2)13-10(14)4-3-5-11(13)15/h3-5,9,15H,6-8H2,1-2H3. The molecule has 0 saturated heterocycles. The van der Waals surface area contributed by atoms with Crippen LogP contribution in [-0.4, -0.2) is 31.8 Å². The number of methoxy groups -OCH3 is 1. The number of benzene rings is 1. The maximum atomic E-state index is 11.1. The molecular weight excluding hydrogens is 218 g/mol. The van der Waals surface area contributed by atoms with Crippen LogP contribution in [0.3, 0.4) is 0 Å². The molecular formula is C13H17NO3. The topological polar surface area (TPSA) is 49.8 Å². The van der Waals surface area contributed by atoms with Crippen molar-refractivity contribution in [3.05, 3.63) is 23.8 Å². The van der Waals surface area contributed by atoms with E-state index < -0.39 is 0 Å². The van der Waals surface area contributed by atoms with Crippen LogP contribution in [0.2, 0.25) is 0 Å². The Morgan fingerprint density at radius 1 is 1.59 bits per heavy atom. The van der Waals surface area contributed by atoms with Gasteiger partial charge < -0.3 is 14.7 Å². The van der Waals surface area contributed by atoms with Gasteiger partial charge in [0.1, 0.15) is 5.75 Å². The number of esters is 1. The Morgan fingerprint density at radius 3 is 3.06 bits per heavy atom. The fourth-order valence-electron chi connectivity index (χ4n) is 2.44. The van der Waals surface area contributed by atoms with E-state index in [9.17, 15) is 9.90 Å². The number of rotatable bonds is 3. The number of phenols is 1. The summed E-state index contributed by atoms with van der Waals surface area (Å²) in [4.78, 5) is 13.3. The molecule has 92 valence electrons. The molecule has 2 rings (SSSR count). The van der Waals surface area contributed by atoms with Crippen molar-refractivity contribution in [2.75, 3.05) is 25.6 Å². The van der Waals surface area contributed by atoms with Crippen LogP contribution in [-0.2, 0) is 9.53 Å². The van der Waals surface area contributed by atoms with Crippen LogP contribution < -0.4 is 4.90 Å². The summed E-state index contributed by atoms with van der Waals surface area (Å²) in [5.41, 5.74) is 2.01. The third-order valence-corrected chi connectivity index (χ3v) is 3.30. The van der Waals surface area contributed by atoms with Crippen molar-refractivity contribution in [1.29, 1.82) is 0 Å². The molecule has 17 heavy (non-hydrogen) atoms. The molecule has 4 nitrogen and oxygen atoms in total. The van der Waals surface area contributed by atoms with Crippen LogP contribution >= 0.6 is 0 Å². The zero-order chi connectivity index (χ0) is 12.4. The first kappa shape index (κ1) is 11.8. The van der Waals surface area contributed by atoms with E-state index in [1.165, 1.54) is 7.11 Å². The minimum absolute atomic E-state index is 0.198. The summed E-state index contributed by atoms with van der Waals surface area (Å²) in [6.07, 6.45) is 1.10. The molecule has 1 aliphatic heterocycles. The highest BCUT2D eigenvalue weighted by Gasteiger charge is 2.29. The molecule has 0 amide bonds. The molecule has 0 bridgehead atoms. The molecule has 1 unspecified atom stereocenters. The van der Waals surface area contributed by atoms with Crippen molar-refractivity contribution >= 4 is 11.7 Å². The van der Waals surface area contributed by atoms with Crippen molar-refractivity contribution in [3.63, 3.8) is 0 Å². The van der Waals surface area contributed by atoms with E-state index in [1.807, 2.05) is 19.2 Å². The van der Waals surface area contributed by atoms with Gasteiger partial charge in [0.15, 0.2) is 0 Å². The lowest BCUT2D eigenvalue weighted by Crippen LogP contribution is -2.16. The largest absolute Gasteiger partial charge is 0.508 e. The molecule has 1 aromatic carbocycles. The second-order valence-corrected chi connectivity index (χ2v) is 4.40. The highest BCUT2D eigenvalue weighted by molar-refractivity contribution is 5.70. The molecule has 0 saturated carbocycles. The summed E-state index contributed by atoms with van der Waals surface area (Å²) in [7, 11) is 3.39. The number of anilines is 1. The minimum Gasteiger partial charge on any atom is -0.508 e. The number of hydrogen-bond donors (Lipinski definition) is 1. The van der Waals surface area contributed by atoms with Gasteiger partial charge in [-0.3, -0.25) is 4.79 Å². The van der Waals surface area contributed by atoms with Crippen molar-refractivity contribution < 1.29 is 14.6 Å². The monoisotopic (exact) mass is 235 g/mol. The predicted molar refractivity (Wildman–Crippen MR) is 65.4 cm³/mol. The van der Waals surface area contributed by atoms with Crippen molar-refractivity contribution in [2.24, 2.45) is 0 Å². The Labute approximate surface area is 101 Å². The van der Waals surface area contributed by atoms with E-state index in [2.05, 4.69) is 9.64 Å². The zero-order valence-corrected chi connectivity index (χ0v) is 10.1. The number of carbonyl (C=O) groups is 1. The summed E-state index contributed by atoms with van der Waals surface area (Å²) in [5, 5.41) is 9.90. The summed E-state index contributed by atoms with van der Waals surface area (Å²) >= 11 is 0. The second kappa shape index (κ2) is 4.65. The Morgan fingerprint density at radius 2 is 2.35 bits per heavy atom. The van der Waals surface area contributed by atoms with Crippen LogP contribution in [0.25, 0.3) is 0 Å². The van der Waals surface area contributed by atoms with Crippen LogP contribution in [0.5, 0.6) is 5.75 Å². The van der Waals surface area contributed by atoms with Crippen LogP contribution in [0.4, 0.5) is 5.69 Å². The molecule has 1 atom stereocenters. The highest BCUT2D eigenvalue weighted by atomic mass is 16.5. The lowest BCUT2D eigenvalue weighted by molar-refractivity contribution is -0.140. The number of hydrogen-bond acceptors (Lipinski definition) is 4. The number of nitrogens with zero attached hydrogens (tertiary/aromatic N) is 1. The van der Waals surface area contributed by atoms with Gasteiger partial charge in [-0.25, -0.2) is 0 Å². The van der Waals surface area contributed by atoms with Crippen molar-refractivity contribution in [1.82, 2.24) is 0 Å². The first-order valence-corrected chi connectivity index (χ1v) is 5.73. The third kappa shape index (κ3) is 2.20. The molecule has 1 aliphatic rings. The zero-order valence-electron chi connectivity index (χ0n) is 10.1. The Balaban J connectivity index is 2.16. The summed E-state index contributed by atoms with van der Waals surface area (Å²) in [6.45, 7) is 0.837. The number of phenolic OH excluding ortho intramolecular Hbond substituents is 1. The molecule has 0 fully saturated rings. The molecule has 1 aromatic rings. The first-order valence-electron chi connectivity index (χ1n) is 5.73. The van der Waals surface area contributed by atoms with Crippen LogP contribution in [0.1, 0.15) is 24.3 Å². The molecule has 0 aromatic heterocycles. The van der Waals surface area contributed by atoms with Crippen molar-refractivity contribution in [3.8, 4) is 5.75 Å². The predicted octanol–water partition coefficient (Wildman–Crippen LogP) is 1.88. The third-order valence-electron chi connectivity index (χ3n) is 3.30. The SMILES string of the molecule is COC(=O)CCC1CN(C)c2cccc(O)c21. The van der Waals surface area contributed by atoms with Gasteiger partial charge in [-0.2, -0.15) is 0 Å². The van der Waals surface area contributed by atoms with Gasteiger partial charge in [0.2, 0.25) is 0 Å².